The SMILES string of the molecule is CC(C)(C)OC(=O)CCc1cc(CCNS(=O)(=O)c2ccc(Cl)cc2)cc(CCc2ccccc2OCCCN2CCN(c3ccc(F)cc3)CC2)c1. The second kappa shape index (κ2) is 18.9. The Kier molecular flexibility index (Phi) is 14.3. The molecule has 0 saturated carbocycles. The lowest BCUT2D eigenvalue weighted by Crippen LogP contribution is -2.46. The Balaban J connectivity index is 1.15. The van der Waals surface area contributed by atoms with Crippen LogP contribution in [0, 0.1) is 5.82 Å². The molecule has 0 amide bonds. The number of hydrogen-bond acceptors (Lipinski definition) is 7. The average molecular weight is 764 g/mol. The number of ether oxygens (including phenoxy) is 2. The molecule has 0 atom stereocenters. The Morgan fingerprint density at radius 3 is 2.15 bits per heavy atom. The van der Waals surface area contributed by atoms with Crippen LogP contribution >= 0.6 is 11.6 Å². The molecule has 284 valence electrons. The van der Waals surface area contributed by atoms with Gasteiger partial charge in [0.15, 0.2) is 0 Å². The zero-order valence-electron chi connectivity index (χ0n) is 31.0. The third-order valence-corrected chi connectivity index (χ3v) is 10.8. The van der Waals surface area contributed by atoms with Gasteiger partial charge in [0, 0.05) is 56.4 Å². The van der Waals surface area contributed by atoms with Gasteiger partial charge in [-0.2, -0.15) is 0 Å². The Morgan fingerprint density at radius 1 is 0.830 bits per heavy atom. The van der Waals surface area contributed by atoms with Crippen molar-refractivity contribution in [1.29, 1.82) is 0 Å². The van der Waals surface area contributed by atoms with E-state index in [-0.39, 0.29) is 29.6 Å². The number of aryl methyl sites for hydroxylation is 3. The summed E-state index contributed by atoms with van der Waals surface area (Å²) in [7, 11) is -3.69. The first kappa shape index (κ1) is 40.2. The van der Waals surface area contributed by atoms with Crippen molar-refractivity contribution in [3.63, 3.8) is 0 Å². The van der Waals surface area contributed by atoms with Crippen molar-refractivity contribution in [2.24, 2.45) is 0 Å². The molecule has 4 aromatic carbocycles. The van der Waals surface area contributed by atoms with Crippen LogP contribution < -0.4 is 14.4 Å². The van der Waals surface area contributed by atoms with E-state index in [4.69, 9.17) is 21.1 Å². The highest BCUT2D eigenvalue weighted by atomic mass is 35.5. The van der Waals surface area contributed by atoms with Gasteiger partial charge in [-0.05, 0) is 130 Å². The number of halogens is 2. The van der Waals surface area contributed by atoms with E-state index in [0.29, 0.717) is 24.5 Å². The standard InChI is InChI=1S/C42H51ClFN3O5S/c1-42(2,3)52-41(48)20-10-33-29-32(30-34(31-33)21-22-45-53(49,50)39-18-12-36(43)13-19-39)9-11-35-7-4-5-8-40(35)51-28-6-23-46-24-26-47(27-25-46)38-16-14-37(44)15-17-38/h4-5,7-8,12-19,29-31,45H,6,9-11,20-28H2,1-3H3. The minimum atomic E-state index is -3.69. The lowest BCUT2D eigenvalue weighted by atomic mass is 9.96. The van der Waals surface area contributed by atoms with Crippen LogP contribution in [0.3, 0.4) is 0 Å². The predicted molar refractivity (Wildman–Crippen MR) is 210 cm³/mol. The van der Waals surface area contributed by atoms with Crippen molar-refractivity contribution < 1.29 is 27.1 Å². The minimum absolute atomic E-state index is 0.163. The smallest absolute Gasteiger partial charge is 0.306 e. The second-order valence-electron chi connectivity index (χ2n) is 14.5. The van der Waals surface area contributed by atoms with E-state index in [1.165, 1.54) is 24.3 Å². The summed E-state index contributed by atoms with van der Waals surface area (Å²) in [6, 6.07) is 27.2. The zero-order valence-corrected chi connectivity index (χ0v) is 32.5. The largest absolute Gasteiger partial charge is 0.493 e. The lowest BCUT2D eigenvalue weighted by molar-refractivity contribution is -0.154. The molecule has 53 heavy (non-hydrogen) atoms. The Labute approximate surface area is 319 Å². The van der Waals surface area contributed by atoms with Crippen LogP contribution in [0.2, 0.25) is 5.02 Å². The quantitative estimate of drug-likeness (QED) is 0.0874. The van der Waals surface area contributed by atoms with Gasteiger partial charge in [-0.25, -0.2) is 17.5 Å². The van der Waals surface area contributed by atoms with E-state index in [0.717, 1.165) is 85.7 Å². The topological polar surface area (TPSA) is 88.2 Å². The van der Waals surface area contributed by atoms with Crippen molar-refractivity contribution in [1.82, 2.24) is 9.62 Å². The molecule has 4 aromatic rings. The zero-order chi connectivity index (χ0) is 37.8. The first-order chi connectivity index (χ1) is 25.3. The average Bonchev–Trinajstić information content (AvgIpc) is 3.12. The maximum absolute atomic E-state index is 13.3. The van der Waals surface area contributed by atoms with Gasteiger partial charge in [-0.3, -0.25) is 9.69 Å². The molecule has 1 heterocycles. The fourth-order valence-corrected chi connectivity index (χ4v) is 7.58. The number of sulfonamides is 1. The molecule has 8 nitrogen and oxygen atoms in total. The maximum atomic E-state index is 13.3. The molecule has 1 aliphatic rings. The van der Waals surface area contributed by atoms with Gasteiger partial charge >= 0.3 is 5.97 Å². The van der Waals surface area contributed by atoms with Crippen molar-refractivity contribution in [2.75, 3.05) is 50.8 Å². The second-order valence-corrected chi connectivity index (χ2v) is 16.7. The summed E-state index contributed by atoms with van der Waals surface area (Å²) < 4.78 is 53.6. The molecule has 1 saturated heterocycles. The van der Waals surface area contributed by atoms with Gasteiger partial charge < -0.3 is 14.4 Å². The van der Waals surface area contributed by atoms with Crippen LogP contribution in [0.15, 0.2) is 95.9 Å². The highest BCUT2D eigenvalue weighted by molar-refractivity contribution is 7.89. The predicted octanol–water partition coefficient (Wildman–Crippen LogP) is 7.65. The summed E-state index contributed by atoms with van der Waals surface area (Å²) in [6.07, 6.45) is 3.69. The highest BCUT2D eigenvalue weighted by Gasteiger charge is 2.19. The first-order valence-electron chi connectivity index (χ1n) is 18.4. The van der Waals surface area contributed by atoms with Gasteiger partial charge in [0.25, 0.3) is 0 Å². The van der Waals surface area contributed by atoms with Gasteiger partial charge in [-0.15, -0.1) is 0 Å². The first-order valence-corrected chi connectivity index (χ1v) is 20.2. The Morgan fingerprint density at radius 2 is 1.47 bits per heavy atom. The molecule has 0 aliphatic carbocycles. The summed E-state index contributed by atoms with van der Waals surface area (Å²) in [4.78, 5) is 17.4. The molecular formula is C42H51ClFN3O5S. The number of nitrogens with zero attached hydrogens (tertiary/aromatic N) is 2. The van der Waals surface area contributed by atoms with E-state index in [1.54, 1.807) is 12.1 Å². The fraction of sp³-hybridized carbons (Fsp3) is 0.405. The number of hydrogen-bond donors (Lipinski definition) is 1. The number of carbonyl (C=O) groups is 1. The molecule has 0 aromatic heterocycles. The van der Waals surface area contributed by atoms with Crippen molar-refractivity contribution in [3.05, 3.63) is 124 Å². The van der Waals surface area contributed by atoms with Crippen LogP contribution in [-0.4, -0.2) is 70.8 Å². The fourth-order valence-electron chi connectivity index (χ4n) is 6.42. The Hall–Kier alpha value is -3.96. The molecule has 0 radical (unpaired) electrons. The van der Waals surface area contributed by atoms with E-state index in [2.05, 4.69) is 32.7 Å². The third-order valence-electron chi connectivity index (χ3n) is 9.08. The normalized spacial score (nSPS) is 13.9. The van der Waals surface area contributed by atoms with Gasteiger partial charge in [0.1, 0.15) is 17.2 Å². The van der Waals surface area contributed by atoms with Crippen molar-refractivity contribution in [2.45, 2.75) is 69.8 Å². The molecule has 1 fully saturated rings. The van der Waals surface area contributed by atoms with Gasteiger partial charge in [-0.1, -0.05) is 48.0 Å². The molecule has 0 bridgehead atoms. The van der Waals surface area contributed by atoms with Crippen molar-refractivity contribution in [3.8, 4) is 5.75 Å². The third kappa shape index (κ3) is 13.1. The number of benzene rings is 4. The number of anilines is 1. The molecule has 1 N–H and O–H groups in total. The number of para-hydroxylation sites is 1. The number of rotatable bonds is 17. The summed E-state index contributed by atoms with van der Waals surface area (Å²) >= 11 is 5.94. The summed E-state index contributed by atoms with van der Waals surface area (Å²) in [6.45, 7) is 11.1. The maximum Gasteiger partial charge on any atom is 0.306 e. The van der Waals surface area contributed by atoms with E-state index in [9.17, 15) is 17.6 Å². The van der Waals surface area contributed by atoms with Crippen molar-refractivity contribution >= 4 is 33.3 Å². The lowest BCUT2D eigenvalue weighted by Gasteiger charge is -2.36. The monoisotopic (exact) mass is 763 g/mol. The molecule has 0 spiro atoms. The van der Waals surface area contributed by atoms with Gasteiger partial charge in [0.2, 0.25) is 10.0 Å². The number of piperazine rings is 1. The van der Waals surface area contributed by atoms with Gasteiger partial charge in [0.05, 0.1) is 11.5 Å². The summed E-state index contributed by atoms with van der Waals surface area (Å²) in [5.41, 5.74) is 4.74. The number of carbonyl (C=O) groups excluding carboxylic acids is 1. The molecule has 0 unspecified atom stereocenters. The summed E-state index contributed by atoms with van der Waals surface area (Å²) in [5.74, 6) is 0.418. The van der Waals surface area contributed by atoms with E-state index >= 15 is 0 Å². The number of esters is 1. The van der Waals surface area contributed by atoms with Crippen LogP contribution in [0.1, 0.15) is 55.9 Å². The molecule has 5 rings (SSSR count). The van der Waals surface area contributed by atoms with Crippen LogP contribution in [0.5, 0.6) is 5.75 Å². The Bertz CT molecular complexity index is 1890. The van der Waals surface area contributed by atoms with E-state index < -0.39 is 15.6 Å². The molecular weight excluding hydrogens is 713 g/mol. The number of nitrogens with one attached hydrogen (secondary N) is 1. The van der Waals surface area contributed by atoms with Crippen LogP contribution in [0.25, 0.3) is 0 Å². The van der Waals surface area contributed by atoms with Crippen LogP contribution in [0.4, 0.5) is 10.1 Å². The minimum Gasteiger partial charge on any atom is -0.493 e. The molecule has 11 heteroatoms. The van der Waals surface area contributed by atoms with Crippen LogP contribution in [-0.2, 0) is 45.2 Å². The van der Waals surface area contributed by atoms with E-state index in [1.807, 2.05) is 57.2 Å². The molecule has 1 aliphatic heterocycles. The highest BCUT2D eigenvalue weighted by Crippen LogP contribution is 2.23. The summed E-state index contributed by atoms with van der Waals surface area (Å²) in [5, 5.41) is 0.472.